The molecule has 1 saturated carbocycles. The number of nitrogens with zero attached hydrogens (tertiary/aromatic N) is 4. The van der Waals surface area contributed by atoms with Crippen molar-refractivity contribution in [2.75, 3.05) is 24.6 Å². The molecule has 5 nitrogen and oxygen atoms in total. The number of rotatable bonds is 4. The molecule has 2 fully saturated rings. The molecule has 0 amide bonds. The summed E-state index contributed by atoms with van der Waals surface area (Å²) in [7, 11) is 0. The fraction of sp³-hybridized carbons (Fsp3) is 0.857. The lowest BCUT2D eigenvalue weighted by molar-refractivity contribution is -0.134. The Balaban J connectivity index is 1.84. The van der Waals surface area contributed by atoms with Crippen LogP contribution in [-0.4, -0.2) is 46.5 Å². The van der Waals surface area contributed by atoms with E-state index in [4.69, 9.17) is 4.74 Å². The summed E-state index contributed by atoms with van der Waals surface area (Å²) < 4.78 is 33.7. The first-order chi connectivity index (χ1) is 10.0. The number of anilines is 1. The second-order valence-electron chi connectivity index (χ2n) is 6.11. The molecule has 0 radical (unpaired) electrons. The third kappa shape index (κ3) is 2.52. The van der Waals surface area contributed by atoms with E-state index in [9.17, 15) is 8.78 Å². The molecular weight excluding hydrogens is 278 g/mol. The van der Waals surface area contributed by atoms with Crippen LogP contribution in [0.15, 0.2) is 0 Å². The Bertz CT molecular complexity index is 503. The summed E-state index contributed by atoms with van der Waals surface area (Å²) in [6.45, 7) is 5.27. The Kier molecular flexibility index (Phi) is 3.86. The average Bonchev–Trinajstić information content (AvgIpc) is 2.80. The van der Waals surface area contributed by atoms with Gasteiger partial charge in [0.05, 0.1) is 13.2 Å². The molecule has 3 rings (SSSR count). The van der Waals surface area contributed by atoms with Crippen molar-refractivity contribution in [3.8, 4) is 0 Å². The van der Waals surface area contributed by atoms with Crippen molar-refractivity contribution in [2.45, 2.75) is 57.6 Å². The maximum Gasteiger partial charge on any atom is 0.268 e. The Morgan fingerprint density at radius 1 is 1.38 bits per heavy atom. The van der Waals surface area contributed by atoms with E-state index < -0.39 is 12.0 Å². The number of hydrogen-bond acceptors (Lipinski definition) is 4. The van der Waals surface area contributed by atoms with Crippen LogP contribution in [0.4, 0.5) is 14.7 Å². The van der Waals surface area contributed by atoms with Gasteiger partial charge in [0.25, 0.3) is 6.43 Å². The maximum atomic E-state index is 13.2. The molecule has 1 aromatic rings. The molecule has 0 spiro atoms. The van der Waals surface area contributed by atoms with E-state index in [-0.39, 0.29) is 13.2 Å². The molecule has 1 aliphatic heterocycles. The highest BCUT2D eigenvalue weighted by atomic mass is 19.3. The zero-order chi connectivity index (χ0) is 15.0. The van der Waals surface area contributed by atoms with Crippen LogP contribution in [-0.2, 0) is 11.3 Å². The summed E-state index contributed by atoms with van der Waals surface area (Å²) in [5.41, 5.74) is -1.43. The van der Waals surface area contributed by atoms with E-state index in [1.54, 1.807) is 0 Å². The molecule has 1 saturated heterocycles. The first-order valence-electron chi connectivity index (χ1n) is 7.65. The van der Waals surface area contributed by atoms with E-state index >= 15 is 0 Å². The van der Waals surface area contributed by atoms with Crippen molar-refractivity contribution < 1.29 is 13.5 Å². The number of hydrogen-bond donors (Lipinski definition) is 0. The number of morpholine rings is 1. The monoisotopic (exact) mass is 300 g/mol. The fourth-order valence-electron chi connectivity index (χ4n) is 3.01. The third-order valence-corrected chi connectivity index (χ3v) is 4.59. The van der Waals surface area contributed by atoms with Gasteiger partial charge in [-0.2, -0.15) is 0 Å². The highest BCUT2D eigenvalue weighted by Gasteiger charge is 2.42. The van der Waals surface area contributed by atoms with Crippen molar-refractivity contribution in [2.24, 2.45) is 0 Å². The molecule has 1 aliphatic carbocycles. The molecular formula is C14H22F2N4O. The second-order valence-corrected chi connectivity index (χ2v) is 6.11. The Morgan fingerprint density at radius 3 is 2.71 bits per heavy atom. The molecule has 2 heterocycles. The number of halogens is 2. The smallest absolute Gasteiger partial charge is 0.268 e. The average molecular weight is 300 g/mol. The van der Waals surface area contributed by atoms with Gasteiger partial charge in [-0.25, -0.2) is 8.78 Å². The van der Waals surface area contributed by atoms with Crippen LogP contribution in [0.2, 0.25) is 0 Å². The van der Waals surface area contributed by atoms with Gasteiger partial charge in [-0.3, -0.25) is 4.57 Å². The molecule has 1 aromatic heterocycles. The van der Waals surface area contributed by atoms with E-state index in [1.165, 1.54) is 13.3 Å². The maximum absolute atomic E-state index is 13.2. The van der Waals surface area contributed by atoms with Gasteiger partial charge in [-0.05, 0) is 26.7 Å². The quantitative estimate of drug-likeness (QED) is 0.856. The Morgan fingerprint density at radius 2 is 2.14 bits per heavy atom. The van der Waals surface area contributed by atoms with Crippen LogP contribution in [0.3, 0.4) is 0 Å². The minimum atomic E-state index is -2.51. The minimum Gasteiger partial charge on any atom is -0.366 e. The van der Waals surface area contributed by atoms with Gasteiger partial charge >= 0.3 is 0 Å². The van der Waals surface area contributed by atoms with Crippen LogP contribution in [0.25, 0.3) is 0 Å². The van der Waals surface area contributed by atoms with Gasteiger partial charge in [0.1, 0.15) is 11.4 Å². The van der Waals surface area contributed by atoms with Gasteiger partial charge in [0.2, 0.25) is 5.95 Å². The molecule has 118 valence electrons. The van der Waals surface area contributed by atoms with Crippen molar-refractivity contribution in [3.63, 3.8) is 0 Å². The van der Waals surface area contributed by atoms with Gasteiger partial charge in [-0.15, -0.1) is 10.2 Å². The van der Waals surface area contributed by atoms with E-state index in [1.807, 2.05) is 11.8 Å². The summed E-state index contributed by atoms with van der Waals surface area (Å²) in [6, 6.07) is 0. The van der Waals surface area contributed by atoms with E-state index in [2.05, 4.69) is 14.8 Å². The topological polar surface area (TPSA) is 43.2 Å². The number of ether oxygens (including phenoxy) is 1. The Labute approximate surface area is 123 Å². The van der Waals surface area contributed by atoms with Crippen molar-refractivity contribution in [3.05, 3.63) is 5.82 Å². The predicted molar refractivity (Wildman–Crippen MR) is 74.9 cm³/mol. The van der Waals surface area contributed by atoms with E-state index in [0.717, 1.165) is 25.2 Å². The SMILES string of the molecule is CCn1c(C2CCC2)nnc1N1CCOC(C)(C(F)F)C1. The summed E-state index contributed by atoms with van der Waals surface area (Å²) >= 11 is 0. The molecule has 1 unspecified atom stereocenters. The molecule has 0 bridgehead atoms. The zero-order valence-corrected chi connectivity index (χ0v) is 12.6. The van der Waals surface area contributed by atoms with Crippen LogP contribution >= 0.6 is 0 Å². The van der Waals surface area contributed by atoms with Gasteiger partial charge in [0.15, 0.2) is 0 Å². The van der Waals surface area contributed by atoms with Gasteiger partial charge < -0.3 is 9.64 Å². The van der Waals surface area contributed by atoms with Crippen LogP contribution in [0.5, 0.6) is 0 Å². The second kappa shape index (κ2) is 5.51. The summed E-state index contributed by atoms with van der Waals surface area (Å²) in [6.07, 6.45) is 1.02. The highest BCUT2D eigenvalue weighted by Crippen LogP contribution is 2.37. The van der Waals surface area contributed by atoms with Crippen LogP contribution in [0.1, 0.15) is 44.9 Å². The number of aromatic nitrogens is 3. The van der Waals surface area contributed by atoms with Crippen molar-refractivity contribution >= 4 is 5.95 Å². The summed E-state index contributed by atoms with van der Waals surface area (Å²) in [4.78, 5) is 1.88. The third-order valence-electron chi connectivity index (χ3n) is 4.59. The first kappa shape index (κ1) is 14.7. The lowest BCUT2D eigenvalue weighted by Gasteiger charge is -2.40. The number of alkyl halides is 2. The molecule has 0 aromatic carbocycles. The first-order valence-corrected chi connectivity index (χ1v) is 7.65. The Hall–Kier alpha value is -1.24. The lowest BCUT2D eigenvalue weighted by atomic mass is 9.85. The molecule has 21 heavy (non-hydrogen) atoms. The standard InChI is InChI=1S/C14H22F2N4O/c1-3-20-11(10-5-4-6-10)17-18-13(20)19-7-8-21-14(2,9-19)12(15)16/h10,12H,3-9H2,1-2H3. The van der Waals surface area contributed by atoms with Gasteiger partial charge in [-0.1, -0.05) is 6.42 Å². The fourth-order valence-corrected chi connectivity index (χ4v) is 3.01. The zero-order valence-electron chi connectivity index (χ0n) is 12.6. The summed E-state index contributed by atoms with van der Waals surface area (Å²) in [5.74, 6) is 2.19. The van der Waals surface area contributed by atoms with Crippen molar-refractivity contribution in [1.82, 2.24) is 14.8 Å². The molecule has 7 heteroatoms. The minimum absolute atomic E-state index is 0.146. The summed E-state index contributed by atoms with van der Waals surface area (Å²) in [5, 5.41) is 8.60. The van der Waals surface area contributed by atoms with Crippen LogP contribution < -0.4 is 4.90 Å². The largest absolute Gasteiger partial charge is 0.366 e. The van der Waals surface area contributed by atoms with E-state index in [0.29, 0.717) is 18.4 Å². The molecule has 0 N–H and O–H groups in total. The molecule has 1 atom stereocenters. The highest BCUT2D eigenvalue weighted by molar-refractivity contribution is 5.34. The molecule has 2 aliphatic rings. The normalized spacial score (nSPS) is 27.2. The van der Waals surface area contributed by atoms with Gasteiger partial charge in [0, 0.05) is 19.0 Å². The van der Waals surface area contributed by atoms with Crippen LogP contribution in [0, 0.1) is 0 Å². The lowest BCUT2D eigenvalue weighted by Crippen LogP contribution is -2.54. The van der Waals surface area contributed by atoms with Crippen molar-refractivity contribution in [1.29, 1.82) is 0 Å². The predicted octanol–water partition coefficient (Wildman–Crippen LogP) is 2.43.